The molecule has 0 heterocycles. The molecule has 0 aliphatic rings. The quantitative estimate of drug-likeness (QED) is 0.655. The molecular weight excluding hydrogens is 250 g/mol. The van der Waals surface area contributed by atoms with E-state index in [-0.39, 0.29) is 13.0 Å². The van der Waals surface area contributed by atoms with Gasteiger partial charge >= 0.3 is 12.0 Å². The number of hydrogen-bond donors (Lipinski definition) is 3. The maximum absolute atomic E-state index is 12.1. The minimum atomic E-state index is -1.33. The SMILES string of the molecule is CCN(C(=O)NC(C)(C)CC(N)=O)C(C)(C)C(=O)O. The average Bonchev–Trinajstić information content (AvgIpc) is 2.13. The summed E-state index contributed by atoms with van der Waals surface area (Å²) in [7, 11) is 0. The van der Waals surface area contributed by atoms with Crippen molar-refractivity contribution in [1.29, 1.82) is 0 Å². The molecule has 0 aromatic heterocycles. The van der Waals surface area contributed by atoms with E-state index in [0.717, 1.165) is 0 Å². The normalized spacial score (nSPS) is 11.8. The third kappa shape index (κ3) is 4.76. The number of carboxylic acid groups (broad SMARTS) is 1. The standard InChI is InChI=1S/C12H23N3O4/c1-6-15(12(4,5)9(17)18)10(19)14-11(2,3)7-8(13)16/h6-7H2,1-5H3,(H2,13,16)(H,14,19)(H,17,18). The molecule has 0 rings (SSSR count). The highest BCUT2D eigenvalue weighted by Gasteiger charge is 2.38. The molecule has 110 valence electrons. The largest absolute Gasteiger partial charge is 0.480 e. The Hall–Kier alpha value is -1.79. The van der Waals surface area contributed by atoms with Crippen molar-refractivity contribution in [2.45, 2.75) is 52.1 Å². The van der Waals surface area contributed by atoms with Gasteiger partial charge in [0.1, 0.15) is 5.54 Å². The van der Waals surface area contributed by atoms with Gasteiger partial charge in [-0.25, -0.2) is 9.59 Å². The second kappa shape index (κ2) is 5.90. The molecule has 0 aliphatic heterocycles. The molecule has 0 aliphatic carbocycles. The van der Waals surface area contributed by atoms with E-state index in [4.69, 9.17) is 10.8 Å². The fourth-order valence-electron chi connectivity index (χ4n) is 1.74. The summed E-state index contributed by atoms with van der Waals surface area (Å²) >= 11 is 0. The summed E-state index contributed by atoms with van der Waals surface area (Å²) in [5.74, 6) is -1.64. The summed E-state index contributed by atoms with van der Waals surface area (Å²) in [5.41, 5.74) is 2.94. The monoisotopic (exact) mass is 273 g/mol. The van der Waals surface area contributed by atoms with Crippen LogP contribution in [0.25, 0.3) is 0 Å². The predicted molar refractivity (Wildman–Crippen MR) is 70.5 cm³/mol. The molecule has 0 bridgehead atoms. The number of nitrogens with zero attached hydrogens (tertiary/aromatic N) is 1. The first-order valence-electron chi connectivity index (χ1n) is 6.05. The molecule has 0 unspecified atom stereocenters. The number of nitrogens with one attached hydrogen (secondary N) is 1. The first kappa shape index (κ1) is 17.2. The summed E-state index contributed by atoms with van der Waals surface area (Å²) in [5, 5.41) is 11.8. The van der Waals surface area contributed by atoms with E-state index in [1.807, 2.05) is 0 Å². The molecule has 7 nitrogen and oxygen atoms in total. The van der Waals surface area contributed by atoms with Crippen LogP contribution in [-0.4, -0.2) is 45.5 Å². The molecule has 19 heavy (non-hydrogen) atoms. The number of aliphatic carboxylic acids is 1. The van der Waals surface area contributed by atoms with Crippen molar-refractivity contribution < 1.29 is 19.5 Å². The van der Waals surface area contributed by atoms with Crippen molar-refractivity contribution in [2.24, 2.45) is 5.73 Å². The topological polar surface area (TPSA) is 113 Å². The first-order valence-corrected chi connectivity index (χ1v) is 6.05. The summed E-state index contributed by atoms with van der Waals surface area (Å²) in [6.07, 6.45) is -0.0240. The van der Waals surface area contributed by atoms with Crippen molar-refractivity contribution >= 4 is 17.9 Å². The van der Waals surface area contributed by atoms with E-state index < -0.39 is 29.0 Å². The Morgan fingerprint density at radius 1 is 1.21 bits per heavy atom. The first-order chi connectivity index (χ1) is 8.44. The van der Waals surface area contributed by atoms with Crippen LogP contribution in [-0.2, 0) is 9.59 Å². The van der Waals surface area contributed by atoms with Crippen LogP contribution in [0.1, 0.15) is 41.0 Å². The zero-order chi connectivity index (χ0) is 15.4. The van der Waals surface area contributed by atoms with Crippen LogP contribution in [0.15, 0.2) is 0 Å². The van der Waals surface area contributed by atoms with E-state index in [9.17, 15) is 14.4 Å². The van der Waals surface area contributed by atoms with Gasteiger partial charge in [0.05, 0.1) is 0 Å². The number of primary amides is 1. The Labute approximate surface area is 113 Å². The second-order valence-corrected chi connectivity index (χ2v) is 5.57. The highest BCUT2D eigenvalue weighted by atomic mass is 16.4. The Bertz CT molecular complexity index is 377. The Kier molecular flexibility index (Phi) is 5.34. The van der Waals surface area contributed by atoms with Crippen LogP contribution >= 0.6 is 0 Å². The van der Waals surface area contributed by atoms with Gasteiger partial charge in [0.15, 0.2) is 0 Å². The van der Waals surface area contributed by atoms with Gasteiger partial charge in [-0.2, -0.15) is 0 Å². The number of urea groups is 1. The van der Waals surface area contributed by atoms with Crippen molar-refractivity contribution in [3.63, 3.8) is 0 Å². The van der Waals surface area contributed by atoms with Gasteiger partial charge < -0.3 is 21.1 Å². The van der Waals surface area contributed by atoms with Crippen LogP contribution in [0.5, 0.6) is 0 Å². The highest BCUT2D eigenvalue weighted by Crippen LogP contribution is 2.16. The maximum atomic E-state index is 12.1. The number of rotatable bonds is 6. The van der Waals surface area contributed by atoms with Gasteiger partial charge in [0.25, 0.3) is 0 Å². The summed E-state index contributed by atoms with van der Waals surface area (Å²) in [6, 6.07) is -0.541. The molecule has 0 aromatic rings. The molecule has 0 atom stereocenters. The Balaban J connectivity index is 4.98. The van der Waals surface area contributed by atoms with Gasteiger partial charge in [-0.15, -0.1) is 0 Å². The van der Waals surface area contributed by atoms with Crippen molar-refractivity contribution in [2.75, 3.05) is 6.54 Å². The number of amides is 3. The molecule has 3 amide bonds. The summed E-state index contributed by atoms with van der Waals surface area (Å²) in [6.45, 7) is 8.11. The summed E-state index contributed by atoms with van der Waals surface area (Å²) in [4.78, 5) is 35.4. The Morgan fingerprint density at radius 2 is 1.68 bits per heavy atom. The number of carbonyl (C=O) groups is 3. The van der Waals surface area contributed by atoms with E-state index in [2.05, 4.69) is 5.32 Å². The molecule has 0 aromatic carbocycles. The van der Waals surface area contributed by atoms with Crippen LogP contribution in [0.3, 0.4) is 0 Å². The van der Waals surface area contributed by atoms with Gasteiger partial charge in [-0.1, -0.05) is 0 Å². The number of nitrogens with two attached hydrogens (primary N) is 1. The van der Waals surface area contributed by atoms with Crippen LogP contribution in [0.4, 0.5) is 4.79 Å². The number of carboxylic acids is 1. The fraction of sp³-hybridized carbons (Fsp3) is 0.750. The second-order valence-electron chi connectivity index (χ2n) is 5.57. The number of carbonyl (C=O) groups excluding carboxylic acids is 2. The third-order valence-corrected chi connectivity index (χ3v) is 2.82. The van der Waals surface area contributed by atoms with E-state index >= 15 is 0 Å². The lowest BCUT2D eigenvalue weighted by atomic mass is 10.00. The third-order valence-electron chi connectivity index (χ3n) is 2.82. The fourth-order valence-corrected chi connectivity index (χ4v) is 1.74. The lowest BCUT2D eigenvalue weighted by Gasteiger charge is -2.37. The smallest absolute Gasteiger partial charge is 0.329 e. The van der Waals surface area contributed by atoms with Gasteiger partial charge in [0.2, 0.25) is 5.91 Å². The Morgan fingerprint density at radius 3 is 2.00 bits per heavy atom. The molecule has 0 saturated carbocycles. The summed E-state index contributed by atoms with van der Waals surface area (Å²) < 4.78 is 0. The van der Waals surface area contributed by atoms with E-state index in [1.54, 1.807) is 20.8 Å². The minimum absolute atomic E-state index is 0.0240. The molecule has 0 spiro atoms. The molecule has 4 N–H and O–H groups in total. The number of likely N-dealkylation sites (N-methyl/N-ethyl adjacent to an activating group) is 1. The maximum Gasteiger partial charge on any atom is 0.329 e. The predicted octanol–water partition coefficient (Wildman–Crippen LogP) is 0.535. The molecule has 0 fully saturated rings. The van der Waals surface area contributed by atoms with E-state index in [1.165, 1.54) is 18.7 Å². The molecule has 0 saturated heterocycles. The van der Waals surface area contributed by atoms with Gasteiger partial charge in [0, 0.05) is 18.5 Å². The zero-order valence-electron chi connectivity index (χ0n) is 12.1. The molecule has 0 radical (unpaired) electrons. The lowest BCUT2D eigenvalue weighted by Crippen LogP contribution is -2.59. The van der Waals surface area contributed by atoms with Crippen molar-refractivity contribution in [1.82, 2.24) is 10.2 Å². The van der Waals surface area contributed by atoms with Gasteiger partial charge in [-0.3, -0.25) is 4.79 Å². The molecule has 7 heteroatoms. The van der Waals surface area contributed by atoms with Gasteiger partial charge in [-0.05, 0) is 34.6 Å². The van der Waals surface area contributed by atoms with Crippen molar-refractivity contribution in [3.05, 3.63) is 0 Å². The number of hydrogen-bond acceptors (Lipinski definition) is 3. The minimum Gasteiger partial charge on any atom is -0.480 e. The van der Waals surface area contributed by atoms with Crippen LogP contribution in [0.2, 0.25) is 0 Å². The van der Waals surface area contributed by atoms with Crippen LogP contribution < -0.4 is 11.1 Å². The highest BCUT2D eigenvalue weighted by molar-refractivity contribution is 5.86. The van der Waals surface area contributed by atoms with E-state index in [0.29, 0.717) is 0 Å². The van der Waals surface area contributed by atoms with Crippen molar-refractivity contribution in [3.8, 4) is 0 Å². The molecular formula is C12H23N3O4. The lowest BCUT2D eigenvalue weighted by molar-refractivity contribution is -0.147. The average molecular weight is 273 g/mol. The zero-order valence-corrected chi connectivity index (χ0v) is 12.1. The van der Waals surface area contributed by atoms with Crippen LogP contribution in [0, 0.1) is 0 Å².